The third-order valence-corrected chi connectivity index (χ3v) is 6.00. The highest BCUT2D eigenvalue weighted by Crippen LogP contribution is 2.30. The molecule has 1 amide bonds. The third-order valence-electron chi connectivity index (χ3n) is 4.56. The first kappa shape index (κ1) is 18.3. The number of carbonyl (C=O) groups excluding carboxylic acids is 1. The van der Waals surface area contributed by atoms with Crippen molar-refractivity contribution >= 4 is 44.5 Å². The second-order valence-electron chi connectivity index (χ2n) is 6.46. The van der Waals surface area contributed by atoms with Crippen LogP contribution in [-0.4, -0.2) is 26.4 Å². The second-order valence-corrected chi connectivity index (χ2v) is 8.46. The summed E-state index contributed by atoms with van der Waals surface area (Å²) in [6.07, 6.45) is 3.79. The largest absolute Gasteiger partial charge is 0.351 e. The molecule has 1 atom stereocenters. The molecule has 3 heterocycles. The number of halogens is 1. The number of amides is 1. The van der Waals surface area contributed by atoms with Crippen molar-refractivity contribution in [2.45, 2.75) is 25.9 Å². The molecule has 2 aliphatic heterocycles. The van der Waals surface area contributed by atoms with Gasteiger partial charge in [0.25, 0.3) is 5.91 Å². The smallest absolute Gasteiger partial charge is 0.276 e. The van der Waals surface area contributed by atoms with Gasteiger partial charge in [0.2, 0.25) is 0 Å². The summed E-state index contributed by atoms with van der Waals surface area (Å²) in [5.41, 5.74) is 1.52. The number of nitrogens with one attached hydrogen (secondary N) is 1. The van der Waals surface area contributed by atoms with E-state index < -0.39 is 0 Å². The standard InChI is InChI=1S/C19H20BrN5OS/c1-3-4-10-27-19-22-18(26)16-13-11-12(20)7-8-14(13)21-17(25(16)23-19)15-6-5-9-24(15)2/h5-9,11,17H,3-4,10H2,1-2H3,(H,22,23,26)/t17-/m1/s1. The van der Waals surface area contributed by atoms with E-state index >= 15 is 0 Å². The predicted molar refractivity (Wildman–Crippen MR) is 111 cm³/mol. The average molecular weight is 446 g/mol. The number of fused-ring (bicyclic) bond motifs is 2. The van der Waals surface area contributed by atoms with Gasteiger partial charge < -0.3 is 4.57 Å². The van der Waals surface area contributed by atoms with Gasteiger partial charge in [-0.1, -0.05) is 41.0 Å². The number of hydrogen-bond acceptors (Lipinski definition) is 5. The number of thioether (sulfide) groups is 1. The number of rotatable bonds is 4. The van der Waals surface area contributed by atoms with Gasteiger partial charge in [-0.25, -0.2) is 5.01 Å². The summed E-state index contributed by atoms with van der Waals surface area (Å²) in [6, 6.07) is 9.79. The highest BCUT2D eigenvalue weighted by Gasteiger charge is 2.35. The fourth-order valence-electron chi connectivity index (χ4n) is 3.16. The Morgan fingerprint density at radius 1 is 1.33 bits per heavy atom. The zero-order valence-electron chi connectivity index (χ0n) is 15.1. The summed E-state index contributed by atoms with van der Waals surface area (Å²) in [5.74, 6) is 0.782. The molecule has 6 nitrogen and oxygen atoms in total. The topological polar surface area (TPSA) is 62.0 Å². The summed E-state index contributed by atoms with van der Waals surface area (Å²) in [4.78, 5) is 17.9. The fourth-order valence-corrected chi connectivity index (χ4v) is 4.46. The molecule has 1 N–H and O–H groups in total. The Hall–Kier alpha value is -2.06. The van der Waals surface area contributed by atoms with Crippen LogP contribution in [0.25, 0.3) is 5.70 Å². The van der Waals surface area contributed by atoms with E-state index in [9.17, 15) is 4.79 Å². The van der Waals surface area contributed by atoms with Crippen LogP contribution in [0.4, 0.5) is 0 Å². The van der Waals surface area contributed by atoms with Crippen molar-refractivity contribution in [1.82, 2.24) is 14.9 Å². The Kier molecular flexibility index (Phi) is 5.10. The van der Waals surface area contributed by atoms with Crippen molar-refractivity contribution in [3.8, 4) is 0 Å². The third kappa shape index (κ3) is 3.43. The van der Waals surface area contributed by atoms with Crippen LogP contribution in [-0.2, 0) is 11.8 Å². The molecule has 0 saturated carbocycles. The van der Waals surface area contributed by atoms with Gasteiger partial charge in [0.1, 0.15) is 5.70 Å². The van der Waals surface area contributed by atoms with Crippen LogP contribution in [0, 0.1) is 0 Å². The van der Waals surface area contributed by atoms with Crippen molar-refractivity contribution in [2.75, 3.05) is 5.75 Å². The molecule has 8 heteroatoms. The van der Waals surface area contributed by atoms with Crippen LogP contribution in [0.3, 0.4) is 0 Å². The Morgan fingerprint density at radius 2 is 2.19 bits per heavy atom. The lowest BCUT2D eigenvalue weighted by molar-refractivity contribution is -0.116. The molecule has 2 aliphatic rings. The number of aryl methyl sites for hydroxylation is 1. The van der Waals surface area contributed by atoms with Gasteiger partial charge in [0, 0.05) is 28.7 Å². The minimum absolute atomic E-state index is 0.141. The molecule has 0 radical (unpaired) electrons. The Balaban J connectivity index is 1.87. The Bertz CT molecular complexity index is 1040. The monoisotopic (exact) mass is 445 g/mol. The minimum Gasteiger partial charge on any atom is -0.351 e. The molecule has 4 rings (SSSR count). The van der Waals surface area contributed by atoms with Crippen LogP contribution in [0.5, 0.6) is 0 Å². The maximum Gasteiger partial charge on any atom is 0.276 e. The molecule has 2 aromatic rings. The minimum atomic E-state index is -0.374. The molecule has 0 bridgehead atoms. The zero-order chi connectivity index (χ0) is 19.0. The molecule has 0 saturated heterocycles. The first-order chi connectivity index (χ1) is 13.1. The van der Waals surface area contributed by atoms with E-state index in [1.807, 2.05) is 48.1 Å². The lowest BCUT2D eigenvalue weighted by Crippen LogP contribution is -2.50. The SMILES string of the molecule is CCCCSC1=NN2C(=c3cc(Br)ccc3=N[C@H]2c2cccn2C)C(=O)N1. The van der Waals surface area contributed by atoms with Crippen molar-refractivity contribution in [1.29, 1.82) is 0 Å². The quantitative estimate of drug-likeness (QED) is 0.735. The van der Waals surface area contributed by atoms with Gasteiger partial charge >= 0.3 is 0 Å². The lowest BCUT2D eigenvalue weighted by atomic mass is 10.1. The van der Waals surface area contributed by atoms with Crippen LogP contribution < -0.4 is 15.9 Å². The van der Waals surface area contributed by atoms with E-state index in [4.69, 9.17) is 10.1 Å². The van der Waals surface area contributed by atoms with Gasteiger partial charge in [-0.2, -0.15) is 0 Å². The number of hydrazone groups is 1. The van der Waals surface area contributed by atoms with Gasteiger partial charge in [0.05, 0.1) is 11.1 Å². The molecular weight excluding hydrogens is 426 g/mol. The maximum absolute atomic E-state index is 13.0. The van der Waals surface area contributed by atoms with Crippen molar-refractivity contribution in [3.05, 3.63) is 57.3 Å². The molecule has 0 aliphatic carbocycles. The van der Waals surface area contributed by atoms with Crippen molar-refractivity contribution in [3.63, 3.8) is 0 Å². The van der Waals surface area contributed by atoms with E-state index in [0.717, 1.165) is 39.3 Å². The first-order valence-electron chi connectivity index (χ1n) is 8.89. The Labute approximate surface area is 170 Å². The number of hydrogen-bond donors (Lipinski definition) is 1. The number of carbonyl (C=O) groups is 1. The first-order valence-corrected chi connectivity index (χ1v) is 10.7. The van der Waals surface area contributed by atoms with E-state index in [1.54, 1.807) is 16.8 Å². The van der Waals surface area contributed by atoms with Crippen LogP contribution in [0.2, 0.25) is 0 Å². The maximum atomic E-state index is 13.0. The molecular formula is C19H20BrN5OS. The predicted octanol–water partition coefficient (Wildman–Crippen LogP) is 2.46. The molecule has 1 aromatic carbocycles. The number of nitrogens with zero attached hydrogens (tertiary/aromatic N) is 4. The van der Waals surface area contributed by atoms with Crippen LogP contribution >= 0.6 is 27.7 Å². The van der Waals surface area contributed by atoms with Gasteiger partial charge in [-0.3, -0.25) is 15.1 Å². The second kappa shape index (κ2) is 7.52. The number of benzene rings is 1. The number of amidine groups is 1. The van der Waals surface area contributed by atoms with Gasteiger partial charge in [-0.15, -0.1) is 5.10 Å². The molecule has 27 heavy (non-hydrogen) atoms. The zero-order valence-corrected chi connectivity index (χ0v) is 17.5. The van der Waals surface area contributed by atoms with E-state index in [1.165, 1.54) is 0 Å². The molecule has 0 spiro atoms. The van der Waals surface area contributed by atoms with Gasteiger partial charge in [0.15, 0.2) is 11.3 Å². The highest BCUT2D eigenvalue weighted by molar-refractivity contribution is 9.10. The molecule has 0 unspecified atom stereocenters. The van der Waals surface area contributed by atoms with Crippen molar-refractivity contribution in [2.24, 2.45) is 17.1 Å². The summed E-state index contributed by atoms with van der Waals surface area (Å²) >= 11 is 5.07. The summed E-state index contributed by atoms with van der Waals surface area (Å²) in [7, 11) is 1.98. The molecule has 140 valence electrons. The van der Waals surface area contributed by atoms with E-state index in [2.05, 4.69) is 28.2 Å². The van der Waals surface area contributed by atoms with E-state index in [0.29, 0.717) is 10.9 Å². The number of unbranched alkanes of at least 4 members (excludes halogenated alkanes) is 1. The summed E-state index contributed by atoms with van der Waals surface area (Å²) in [6.45, 7) is 2.15. The van der Waals surface area contributed by atoms with Gasteiger partial charge in [-0.05, 0) is 36.8 Å². The average Bonchev–Trinajstić information content (AvgIpc) is 3.07. The van der Waals surface area contributed by atoms with E-state index in [-0.39, 0.29) is 12.1 Å². The normalized spacial score (nSPS) is 18.4. The fraction of sp³-hybridized carbons (Fsp3) is 0.316. The van der Waals surface area contributed by atoms with Crippen LogP contribution in [0.1, 0.15) is 31.6 Å². The lowest BCUT2D eigenvalue weighted by Gasteiger charge is -2.34. The Morgan fingerprint density at radius 3 is 2.93 bits per heavy atom. The molecule has 1 aromatic heterocycles. The van der Waals surface area contributed by atoms with Crippen LogP contribution in [0.15, 0.2) is 51.1 Å². The summed E-state index contributed by atoms with van der Waals surface area (Å²) < 4.78 is 2.92. The highest BCUT2D eigenvalue weighted by atomic mass is 79.9. The number of aromatic nitrogens is 1. The summed E-state index contributed by atoms with van der Waals surface area (Å²) in [5, 5.41) is 11.7. The van der Waals surface area contributed by atoms with Crippen molar-refractivity contribution < 1.29 is 4.79 Å². The molecule has 0 fully saturated rings.